The zero-order valence-corrected chi connectivity index (χ0v) is 19.2. The molecule has 0 aliphatic carbocycles. The Hall–Kier alpha value is -4.30. The second-order valence-corrected chi connectivity index (χ2v) is 8.94. The molecule has 7 nitrogen and oxygen atoms in total. The Balaban J connectivity index is 1.42. The maximum Gasteiger partial charge on any atom is 0.291 e. The molecule has 8 heteroatoms. The van der Waals surface area contributed by atoms with E-state index in [0.29, 0.717) is 11.3 Å². The van der Waals surface area contributed by atoms with Crippen LogP contribution >= 0.6 is 11.3 Å². The highest BCUT2D eigenvalue weighted by atomic mass is 32.1. The van der Waals surface area contributed by atoms with Crippen molar-refractivity contribution in [2.24, 2.45) is 0 Å². The average Bonchev–Trinajstić information content (AvgIpc) is 3.48. The van der Waals surface area contributed by atoms with Crippen molar-refractivity contribution in [2.75, 3.05) is 5.32 Å². The van der Waals surface area contributed by atoms with Gasteiger partial charge in [-0.3, -0.25) is 14.9 Å². The smallest absolute Gasteiger partial charge is 0.291 e. The van der Waals surface area contributed by atoms with Crippen LogP contribution in [0.25, 0.3) is 32.1 Å². The van der Waals surface area contributed by atoms with E-state index in [-0.39, 0.29) is 17.2 Å². The normalized spacial score (nSPS) is 11.0. The topological polar surface area (TPSA) is 98.3 Å². The highest BCUT2D eigenvalue weighted by molar-refractivity contribution is 7.21. The molecule has 0 fully saturated rings. The first kappa shape index (κ1) is 21.5. The molecule has 0 bridgehead atoms. The molecule has 0 radical (unpaired) electrons. The standard InChI is InChI=1S/C26H19N3O4S/c1-15-7-10-18(21(13-15)29(31)32)22-11-12-23(33-22)25(30)27-20-14-17(9-8-16(20)2)26-28-19-5-3-4-6-24(19)34-26/h3-14H,1-2H3,(H,27,30). The first-order chi connectivity index (χ1) is 16.4. The van der Waals surface area contributed by atoms with Gasteiger partial charge in [-0.25, -0.2) is 4.98 Å². The van der Waals surface area contributed by atoms with Gasteiger partial charge in [0.1, 0.15) is 10.8 Å². The number of para-hydroxylation sites is 1. The highest BCUT2D eigenvalue weighted by Gasteiger charge is 2.20. The maximum absolute atomic E-state index is 12.9. The van der Waals surface area contributed by atoms with E-state index in [0.717, 1.165) is 31.9 Å². The molecule has 0 saturated heterocycles. The first-order valence-electron chi connectivity index (χ1n) is 10.5. The monoisotopic (exact) mass is 469 g/mol. The Morgan fingerprint density at radius 2 is 1.85 bits per heavy atom. The van der Waals surface area contributed by atoms with Gasteiger partial charge in [0.25, 0.3) is 11.6 Å². The molecule has 0 saturated carbocycles. The number of carbonyl (C=O) groups is 1. The van der Waals surface area contributed by atoms with Crippen LogP contribution in [0.1, 0.15) is 21.7 Å². The summed E-state index contributed by atoms with van der Waals surface area (Å²) >= 11 is 1.59. The lowest BCUT2D eigenvalue weighted by atomic mass is 10.1. The SMILES string of the molecule is Cc1ccc(-c2ccc(C(=O)Nc3cc(-c4nc5ccccc5s4)ccc3C)o2)c([N+](=O)[O-])c1. The van der Waals surface area contributed by atoms with Crippen molar-refractivity contribution in [1.29, 1.82) is 0 Å². The third-order valence-corrected chi connectivity index (χ3v) is 6.56. The molecular formula is C26H19N3O4S. The van der Waals surface area contributed by atoms with Gasteiger partial charge in [0.15, 0.2) is 5.76 Å². The Morgan fingerprint density at radius 1 is 1.03 bits per heavy atom. The predicted molar refractivity (Wildman–Crippen MR) is 133 cm³/mol. The number of benzene rings is 3. The largest absolute Gasteiger partial charge is 0.451 e. The van der Waals surface area contributed by atoms with Gasteiger partial charge in [-0.05, 0) is 61.4 Å². The maximum atomic E-state index is 12.9. The number of furan rings is 1. The van der Waals surface area contributed by atoms with Crippen LogP contribution in [0.5, 0.6) is 0 Å². The van der Waals surface area contributed by atoms with Crippen LogP contribution in [0.4, 0.5) is 11.4 Å². The Kier molecular flexibility index (Phi) is 5.43. The molecule has 3 aromatic carbocycles. The minimum absolute atomic E-state index is 0.0645. The van der Waals surface area contributed by atoms with Crippen molar-refractivity contribution in [3.8, 4) is 21.9 Å². The molecule has 2 aromatic heterocycles. The number of nitro benzene ring substituents is 1. The number of amides is 1. The molecule has 34 heavy (non-hydrogen) atoms. The molecule has 0 atom stereocenters. The van der Waals surface area contributed by atoms with Crippen LogP contribution in [0.3, 0.4) is 0 Å². The van der Waals surface area contributed by atoms with Crippen molar-refractivity contribution in [3.63, 3.8) is 0 Å². The number of fused-ring (bicyclic) bond motifs is 1. The second kappa shape index (κ2) is 8.57. The van der Waals surface area contributed by atoms with Crippen molar-refractivity contribution in [2.45, 2.75) is 13.8 Å². The van der Waals surface area contributed by atoms with E-state index in [2.05, 4.69) is 10.3 Å². The molecule has 5 aromatic rings. The summed E-state index contributed by atoms with van der Waals surface area (Å²) in [7, 11) is 0. The van der Waals surface area contributed by atoms with Gasteiger partial charge in [-0.2, -0.15) is 0 Å². The van der Waals surface area contributed by atoms with Crippen LogP contribution in [0.15, 0.2) is 77.2 Å². The number of hydrogen-bond acceptors (Lipinski definition) is 6. The van der Waals surface area contributed by atoms with Gasteiger partial charge in [0, 0.05) is 17.3 Å². The van der Waals surface area contributed by atoms with Crippen molar-refractivity contribution in [1.82, 2.24) is 4.98 Å². The molecule has 1 N–H and O–H groups in total. The summed E-state index contributed by atoms with van der Waals surface area (Å²) in [6.07, 6.45) is 0. The molecule has 0 aliphatic heterocycles. The number of hydrogen-bond donors (Lipinski definition) is 1. The number of carbonyl (C=O) groups excluding carboxylic acids is 1. The number of rotatable bonds is 5. The molecule has 0 aliphatic rings. The fourth-order valence-electron chi connectivity index (χ4n) is 3.68. The van der Waals surface area contributed by atoms with E-state index in [1.165, 1.54) is 12.1 Å². The van der Waals surface area contributed by atoms with Crippen LogP contribution in [0, 0.1) is 24.0 Å². The molecule has 2 heterocycles. The summed E-state index contributed by atoms with van der Waals surface area (Å²) in [5.41, 5.74) is 4.38. The lowest BCUT2D eigenvalue weighted by Crippen LogP contribution is -2.11. The van der Waals surface area contributed by atoms with Crippen LogP contribution in [-0.2, 0) is 0 Å². The van der Waals surface area contributed by atoms with E-state index in [1.807, 2.05) is 49.4 Å². The minimum atomic E-state index is -0.457. The fraction of sp³-hybridized carbons (Fsp3) is 0.0769. The van der Waals surface area contributed by atoms with Gasteiger partial charge >= 0.3 is 0 Å². The van der Waals surface area contributed by atoms with Crippen molar-refractivity contribution < 1.29 is 14.1 Å². The van der Waals surface area contributed by atoms with Crippen LogP contribution < -0.4 is 5.32 Å². The molecule has 1 amide bonds. The van der Waals surface area contributed by atoms with Gasteiger partial charge in [0.2, 0.25) is 0 Å². The number of nitro groups is 1. The lowest BCUT2D eigenvalue weighted by Gasteiger charge is -2.09. The zero-order valence-electron chi connectivity index (χ0n) is 18.4. The first-order valence-corrected chi connectivity index (χ1v) is 11.3. The molecule has 168 valence electrons. The number of thiazole rings is 1. The van der Waals surface area contributed by atoms with E-state index < -0.39 is 10.8 Å². The predicted octanol–water partition coefficient (Wildman–Crippen LogP) is 7.00. The van der Waals surface area contributed by atoms with E-state index in [1.54, 1.807) is 36.5 Å². The molecule has 0 spiro atoms. The number of aromatic nitrogens is 1. The third kappa shape index (κ3) is 4.06. The Morgan fingerprint density at radius 3 is 2.65 bits per heavy atom. The summed E-state index contributed by atoms with van der Waals surface area (Å²) in [5, 5.41) is 15.2. The minimum Gasteiger partial charge on any atom is -0.451 e. The van der Waals surface area contributed by atoms with Crippen molar-refractivity contribution in [3.05, 3.63) is 99.8 Å². The average molecular weight is 470 g/mol. The number of aryl methyl sites for hydroxylation is 2. The van der Waals surface area contributed by atoms with E-state index >= 15 is 0 Å². The molecular weight excluding hydrogens is 450 g/mol. The van der Waals surface area contributed by atoms with Gasteiger partial charge in [0.05, 0.1) is 20.7 Å². The number of nitrogens with one attached hydrogen (secondary N) is 1. The summed E-state index contributed by atoms with van der Waals surface area (Å²) in [6.45, 7) is 3.68. The quantitative estimate of drug-likeness (QED) is 0.221. The van der Waals surface area contributed by atoms with Gasteiger partial charge < -0.3 is 9.73 Å². The fourth-order valence-corrected chi connectivity index (χ4v) is 4.64. The van der Waals surface area contributed by atoms with E-state index in [4.69, 9.17) is 4.42 Å². The third-order valence-electron chi connectivity index (χ3n) is 5.47. The van der Waals surface area contributed by atoms with Crippen LogP contribution in [0.2, 0.25) is 0 Å². The lowest BCUT2D eigenvalue weighted by molar-refractivity contribution is -0.384. The van der Waals surface area contributed by atoms with Gasteiger partial charge in [-0.15, -0.1) is 11.3 Å². The molecule has 0 unspecified atom stereocenters. The van der Waals surface area contributed by atoms with E-state index in [9.17, 15) is 14.9 Å². The summed E-state index contributed by atoms with van der Waals surface area (Å²) in [6, 6.07) is 21.7. The molecule has 5 rings (SSSR count). The van der Waals surface area contributed by atoms with Crippen molar-refractivity contribution >= 4 is 38.8 Å². The Bertz CT molecular complexity index is 1530. The highest BCUT2D eigenvalue weighted by Crippen LogP contribution is 2.34. The van der Waals surface area contributed by atoms with Gasteiger partial charge in [-0.1, -0.05) is 30.3 Å². The number of anilines is 1. The second-order valence-electron chi connectivity index (χ2n) is 7.91. The van der Waals surface area contributed by atoms with Crippen LogP contribution in [-0.4, -0.2) is 15.8 Å². The number of nitrogens with zero attached hydrogens (tertiary/aromatic N) is 2. The summed E-state index contributed by atoms with van der Waals surface area (Å²) in [4.78, 5) is 28.6. The summed E-state index contributed by atoms with van der Waals surface area (Å²) < 4.78 is 6.80. The summed E-state index contributed by atoms with van der Waals surface area (Å²) in [5.74, 6) is -0.114. The Labute approximate surface area is 198 Å². The zero-order chi connectivity index (χ0) is 23.8.